The minimum atomic E-state index is -0.0330. The normalized spacial score (nSPS) is 14.5. The summed E-state index contributed by atoms with van der Waals surface area (Å²) in [6, 6.07) is 0. The zero-order valence-electron chi connectivity index (χ0n) is 14.2. The van der Waals surface area contributed by atoms with Crippen LogP contribution in [0.1, 0.15) is 54.3 Å². The van der Waals surface area contributed by atoms with E-state index in [0.29, 0.717) is 23.9 Å². The molecule has 2 aromatic heterocycles. The van der Waals surface area contributed by atoms with Gasteiger partial charge in [-0.25, -0.2) is 9.97 Å². The van der Waals surface area contributed by atoms with Gasteiger partial charge in [-0.15, -0.1) is 11.3 Å². The fraction of sp³-hybridized carbons (Fsp3) is 0.500. The fourth-order valence-electron chi connectivity index (χ4n) is 3.05. The van der Waals surface area contributed by atoms with E-state index in [1.165, 1.54) is 48.9 Å². The standard InChI is InChI=1S/C18H23N3O2S/c1-3-23-17-14-12(2)15(24-18(14)21-11-20-17)16(22)19-10-9-13-7-5-4-6-8-13/h7,11H,3-6,8-10H2,1-2H3,(H,19,22). The number of ether oxygens (including phenoxy) is 1. The topological polar surface area (TPSA) is 64.1 Å². The number of carbonyl (C=O) groups is 1. The summed E-state index contributed by atoms with van der Waals surface area (Å²) in [5, 5.41) is 3.89. The van der Waals surface area contributed by atoms with E-state index in [1.807, 2.05) is 13.8 Å². The lowest BCUT2D eigenvalue weighted by atomic mass is 9.97. The Bertz CT molecular complexity index is 767. The van der Waals surface area contributed by atoms with Gasteiger partial charge in [0.1, 0.15) is 11.2 Å². The number of aromatic nitrogens is 2. The molecule has 0 unspecified atom stereocenters. The van der Waals surface area contributed by atoms with Gasteiger partial charge in [0.05, 0.1) is 16.9 Å². The molecule has 1 amide bonds. The lowest BCUT2D eigenvalue weighted by Gasteiger charge is -2.12. The van der Waals surface area contributed by atoms with Gasteiger partial charge in [-0.1, -0.05) is 11.6 Å². The first-order chi connectivity index (χ1) is 11.7. The first kappa shape index (κ1) is 16.9. The summed E-state index contributed by atoms with van der Waals surface area (Å²) in [4.78, 5) is 22.5. The summed E-state index contributed by atoms with van der Waals surface area (Å²) in [6.07, 6.45) is 9.67. The van der Waals surface area contributed by atoms with Gasteiger partial charge < -0.3 is 10.1 Å². The van der Waals surface area contributed by atoms with Gasteiger partial charge in [-0.3, -0.25) is 4.79 Å². The predicted molar refractivity (Wildman–Crippen MR) is 96.8 cm³/mol. The smallest absolute Gasteiger partial charge is 0.261 e. The van der Waals surface area contributed by atoms with Crippen LogP contribution in [0.3, 0.4) is 0 Å². The second-order valence-electron chi connectivity index (χ2n) is 5.96. The molecule has 6 heteroatoms. The van der Waals surface area contributed by atoms with Crippen molar-refractivity contribution in [3.8, 4) is 5.88 Å². The van der Waals surface area contributed by atoms with Crippen LogP contribution >= 0.6 is 11.3 Å². The first-order valence-electron chi connectivity index (χ1n) is 8.53. The number of thiophene rings is 1. The molecule has 0 spiro atoms. The number of aryl methyl sites for hydroxylation is 1. The van der Waals surface area contributed by atoms with Crippen molar-refractivity contribution in [2.24, 2.45) is 0 Å². The lowest BCUT2D eigenvalue weighted by Crippen LogP contribution is -2.24. The van der Waals surface area contributed by atoms with Crippen LogP contribution in [0.5, 0.6) is 5.88 Å². The number of hydrogen-bond acceptors (Lipinski definition) is 5. The number of rotatable bonds is 6. The van der Waals surface area contributed by atoms with Crippen molar-refractivity contribution in [2.75, 3.05) is 13.2 Å². The molecule has 0 radical (unpaired) electrons. The average Bonchev–Trinajstić information content (AvgIpc) is 2.94. The molecule has 0 atom stereocenters. The van der Waals surface area contributed by atoms with Crippen LogP contribution in [-0.2, 0) is 0 Å². The molecule has 0 saturated heterocycles. The van der Waals surface area contributed by atoms with E-state index in [0.717, 1.165) is 22.2 Å². The Hall–Kier alpha value is -1.95. The van der Waals surface area contributed by atoms with Crippen molar-refractivity contribution in [2.45, 2.75) is 46.0 Å². The molecule has 5 nitrogen and oxygen atoms in total. The second kappa shape index (κ2) is 7.75. The largest absolute Gasteiger partial charge is 0.477 e. The molecular weight excluding hydrogens is 322 g/mol. The van der Waals surface area contributed by atoms with E-state index < -0.39 is 0 Å². The number of hydrogen-bond donors (Lipinski definition) is 1. The van der Waals surface area contributed by atoms with Gasteiger partial charge >= 0.3 is 0 Å². The van der Waals surface area contributed by atoms with Gasteiger partial charge in [0, 0.05) is 6.54 Å². The van der Waals surface area contributed by atoms with Crippen molar-refractivity contribution < 1.29 is 9.53 Å². The van der Waals surface area contributed by atoms with Crippen LogP contribution in [0.25, 0.3) is 10.2 Å². The molecule has 1 N–H and O–H groups in total. The summed E-state index contributed by atoms with van der Waals surface area (Å²) >= 11 is 1.40. The Kier molecular flexibility index (Phi) is 5.45. The highest BCUT2D eigenvalue weighted by molar-refractivity contribution is 7.20. The van der Waals surface area contributed by atoms with Crippen molar-refractivity contribution in [1.82, 2.24) is 15.3 Å². The maximum Gasteiger partial charge on any atom is 0.261 e. The molecule has 1 aliphatic carbocycles. The molecule has 1 aliphatic rings. The third-order valence-corrected chi connectivity index (χ3v) is 5.49. The minimum Gasteiger partial charge on any atom is -0.477 e. The summed E-state index contributed by atoms with van der Waals surface area (Å²) in [5.74, 6) is 0.525. The number of nitrogens with zero attached hydrogens (tertiary/aromatic N) is 2. The molecule has 0 aliphatic heterocycles. The highest BCUT2D eigenvalue weighted by Gasteiger charge is 2.19. The third-order valence-electron chi connectivity index (χ3n) is 4.30. The van der Waals surface area contributed by atoms with Gasteiger partial charge in [0.2, 0.25) is 5.88 Å². The van der Waals surface area contributed by atoms with Gasteiger partial charge in [-0.2, -0.15) is 0 Å². The Balaban J connectivity index is 1.71. The highest BCUT2D eigenvalue weighted by Crippen LogP contribution is 2.34. The maximum atomic E-state index is 12.5. The summed E-state index contributed by atoms with van der Waals surface area (Å²) in [7, 11) is 0. The molecule has 24 heavy (non-hydrogen) atoms. The van der Waals surface area contributed by atoms with E-state index in [9.17, 15) is 4.79 Å². The van der Waals surface area contributed by atoms with Gasteiger partial charge in [0.25, 0.3) is 5.91 Å². The molecule has 128 valence electrons. The quantitative estimate of drug-likeness (QED) is 0.803. The van der Waals surface area contributed by atoms with Crippen LogP contribution in [-0.4, -0.2) is 29.0 Å². The molecule has 2 aromatic rings. The monoisotopic (exact) mass is 345 g/mol. The number of nitrogens with one attached hydrogen (secondary N) is 1. The molecule has 0 saturated carbocycles. The summed E-state index contributed by atoms with van der Waals surface area (Å²) in [5.41, 5.74) is 2.37. The Morgan fingerprint density at radius 2 is 2.25 bits per heavy atom. The van der Waals surface area contributed by atoms with Crippen LogP contribution in [0.2, 0.25) is 0 Å². The number of allylic oxidation sites excluding steroid dienone is 1. The van der Waals surface area contributed by atoms with E-state index in [4.69, 9.17) is 4.74 Å². The zero-order chi connectivity index (χ0) is 16.9. The van der Waals surface area contributed by atoms with Crippen LogP contribution in [0.4, 0.5) is 0 Å². The summed E-state index contributed by atoms with van der Waals surface area (Å²) in [6.45, 7) is 5.08. The summed E-state index contributed by atoms with van der Waals surface area (Å²) < 4.78 is 5.57. The lowest BCUT2D eigenvalue weighted by molar-refractivity contribution is 0.0957. The molecule has 0 aromatic carbocycles. The third kappa shape index (κ3) is 3.59. The minimum absolute atomic E-state index is 0.0330. The maximum absolute atomic E-state index is 12.5. The molecule has 0 fully saturated rings. The Morgan fingerprint density at radius 3 is 3.00 bits per heavy atom. The zero-order valence-corrected chi connectivity index (χ0v) is 15.0. The van der Waals surface area contributed by atoms with Crippen molar-refractivity contribution in [1.29, 1.82) is 0 Å². The van der Waals surface area contributed by atoms with Crippen LogP contribution in [0.15, 0.2) is 18.0 Å². The van der Waals surface area contributed by atoms with Gasteiger partial charge in [-0.05, 0) is 51.5 Å². The van der Waals surface area contributed by atoms with Crippen LogP contribution in [0, 0.1) is 6.92 Å². The Labute approximate surface area is 146 Å². The Morgan fingerprint density at radius 1 is 1.38 bits per heavy atom. The van der Waals surface area contributed by atoms with E-state index in [-0.39, 0.29) is 5.91 Å². The number of carbonyl (C=O) groups excluding carboxylic acids is 1. The van der Waals surface area contributed by atoms with Crippen molar-refractivity contribution in [3.63, 3.8) is 0 Å². The van der Waals surface area contributed by atoms with Crippen molar-refractivity contribution >= 4 is 27.5 Å². The average molecular weight is 345 g/mol. The van der Waals surface area contributed by atoms with Gasteiger partial charge in [0.15, 0.2) is 0 Å². The number of fused-ring (bicyclic) bond motifs is 1. The van der Waals surface area contributed by atoms with Crippen molar-refractivity contribution in [3.05, 3.63) is 28.4 Å². The molecule has 0 bridgehead atoms. The van der Waals surface area contributed by atoms with E-state index >= 15 is 0 Å². The van der Waals surface area contributed by atoms with E-state index in [1.54, 1.807) is 0 Å². The molecule has 3 rings (SSSR count). The SMILES string of the molecule is CCOc1ncnc2sc(C(=O)NCCC3=CCCCC3)c(C)c12. The van der Waals surface area contributed by atoms with E-state index in [2.05, 4.69) is 21.4 Å². The fourth-order valence-corrected chi connectivity index (χ4v) is 4.11. The molecular formula is C18H23N3O2S. The second-order valence-corrected chi connectivity index (χ2v) is 6.96. The first-order valence-corrected chi connectivity index (χ1v) is 9.35. The number of amides is 1. The molecule has 2 heterocycles. The highest BCUT2D eigenvalue weighted by atomic mass is 32.1. The predicted octanol–water partition coefficient (Wildman–Crippen LogP) is 4.02. The van der Waals surface area contributed by atoms with Crippen LogP contribution < -0.4 is 10.1 Å².